The van der Waals surface area contributed by atoms with Gasteiger partial charge in [-0.2, -0.15) is 5.26 Å². The molecular weight excluding hydrogens is 380 g/mol. The van der Waals surface area contributed by atoms with Crippen molar-refractivity contribution in [3.63, 3.8) is 0 Å². The number of rotatable bonds is 5. The Labute approximate surface area is 176 Å². The van der Waals surface area contributed by atoms with Crippen LogP contribution >= 0.6 is 0 Å². The predicted molar refractivity (Wildman–Crippen MR) is 114 cm³/mol. The highest BCUT2D eigenvalue weighted by molar-refractivity contribution is 5.96. The number of nitrogens with one attached hydrogen (secondary N) is 2. The zero-order valence-electron chi connectivity index (χ0n) is 17.0. The van der Waals surface area contributed by atoms with Crippen molar-refractivity contribution in [2.45, 2.75) is 25.2 Å². The lowest BCUT2D eigenvalue weighted by atomic mass is 9.72. The summed E-state index contributed by atoms with van der Waals surface area (Å²) in [5.74, 6) is 0.373. The summed E-state index contributed by atoms with van der Waals surface area (Å²) >= 11 is 0. The number of piperidine rings is 1. The van der Waals surface area contributed by atoms with Crippen LogP contribution in [-0.2, 0) is 5.41 Å². The van der Waals surface area contributed by atoms with Gasteiger partial charge in [0.25, 0.3) is 5.91 Å². The van der Waals surface area contributed by atoms with Crippen LogP contribution in [0, 0.1) is 11.5 Å². The van der Waals surface area contributed by atoms with Crippen molar-refractivity contribution >= 4 is 17.7 Å². The number of nitrogen functional groups attached to an aromatic ring is 1. The van der Waals surface area contributed by atoms with Gasteiger partial charge in [-0.25, -0.2) is 9.97 Å². The Morgan fingerprint density at radius 1 is 1.27 bits per heavy atom. The molecule has 0 bridgehead atoms. The molecular formula is C21H26N8O. The Hall–Kier alpha value is -3.67. The maximum absolute atomic E-state index is 12.7. The zero-order chi connectivity index (χ0) is 21.4. The van der Waals surface area contributed by atoms with Crippen LogP contribution in [0.2, 0.25) is 0 Å². The second-order valence-corrected chi connectivity index (χ2v) is 7.14. The Morgan fingerprint density at radius 3 is 2.60 bits per heavy atom. The Morgan fingerprint density at radius 2 is 1.97 bits per heavy atom. The van der Waals surface area contributed by atoms with Crippen molar-refractivity contribution in [1.29, 1.82) is 5.26 Å². The number of likely N-dealkylation sites (tertiary alicyclic amines) is 1. The van der Waals surface area contributed by atoms with Crippen LogP contribution in [0.25, 0.3) is 0 Å². The van der Waals surface area contributed by atoms with Gasteiger partial charge in [-0.1, -0.05) is 30.3 Å². The Balaban J connectivity index is 1.78. The molecule has 0 unspecified atom stereocenters. The van der Waals surface area contributed by atoms with E-state index in [0.29, 0.717) is 32.1 Å². The number of hydrogen-bond acceptors (Lipinski definition) is 6. The quantitative estimate of drug-likeness (QED) is 0.295. The summed E-state index contributed by atoms with van der Waals surface area (Å²) in [6.45, 7) is 4.41. The molecule has 1 aromatic heterocycles. The van der Waals surface area contributed by atoms with E-state index in [2.05, 4.69) is 42.6 Å². The smallest absolute Gasteiger partial charge is 0.273 e. The van der Waals surface area contributed by atoms with Gasteiger partial charge in [0.15, 0.2) is 17.7 Å². The van der Waals surface area contributed by atoms with Crippen LogP contribution in [0.1, 0.15) is 35.8 Å². The fraction of sp³-hybridized carbons (Fsp3) is 0.381. The highest BCUT2D eigenvalue weighted by atomic mass is 16.1. The zero-order valence-corrected chi connectivity index (χ0v) is 17.0. The Kier molecular flexibility index (Phi) is 6.80. The molecule has 9 heteroatoms. The van der Waals surface area contributed by atoms with Crippen LogP contribution < -0.4 is 16.4 Å². The summed E-state index contributed by atoms with van der Waals surface area (Å²) < 4.78 is 0. The second kappa shape index (κ2) is 9.69. The van der Waals surface area contributed by atoms with Gasteiger partial charge in [0.1, 0.15) is 0 Å². The van der Waals surface area contributed by atoms with E-state index in [1.165, 1.54) is 18.0 Å². The first-order chi connectivity index (χ1) is 14.6. The monoisotopic (exact) mass is 406 g/mol. The molecule has 0 atom stereocenters. The lowest BCUT2D eigenvalue weighted by Crippen LogP contribution is -2.52. The topological polar surface area (TPSA) is 132 Å². The van der Waals surface area contributed by atoms with E-state index < -0.39 is 0 Å². The minimum Gasteiger partial charge on any atom is -0.382 e. The molecule has 0 aliphatic carbocycles. The molecule has 0 radical (unpaired) electrons. The van der Waals surface area contributed by atoms with E-state index in [4.69, 9.17) is 11.0 Å². The summed E-state index contributed by atoms with van der Waals surface area (Å²) in [6.07, 6.45) is 6.46. The van der Waals surface area contributed by atoms with Crippen LogP contribution in [0.5, 0.6) is 0 Å². The highest BCUT2D eigenvalue weighted by Gasteiger charge is 2.37. The molecule has 1 aromatic carbocycles. The molecule has 1 saturated heterocycles. The van der Waals surface area contributed by atoms with Crippen LogP contribution in [0.15, 0.2) is 47.7 Å². The molecule has 9 nitrogen and oxygen atoms in total. The molecule has 4 N–H and O–H groups in total. The summed E-state index contributed by atoms with van der Waals surface area (Å²) in [5, 5.41) is 14.7. The first kappa shape index (κ1) is 21.0. The third-order valence-corrected chi connectivity index (χ3v) is 5.41. The highest BCUT2D eigenvalue weighted by Crippen LogP contribution is 2.35. The summed E-state index contributed by atoms with van der Waals surface area (Å²) in [6, 6.07) is 10.2. The largest absolute Gasteiger partial charge is 0.382 e. The molecule has 3 rings (SSSR count). The molecule has 2 heterocycles. The number of hydrogen-bond donors (Lipinski definition) is 3. The van der Waals surface area contributed by atoms with Crippen LogP contribution in [0.3, 0.4) is 0 Å². The van der Waals surface area contributed by atoms with Gasteiger partial charge in [-0.05, 0) is 25.3 Å². The minimum atomic E-state index is -0.335. The standard InChI is InChI=1S/C21H26N8O/c1-2-24-20(28-15-22)29-12-8-21(9-13-29,16-6-4-3-5-7-16)14-27-19(30)17-18(23)26-11-10-25-17/h3-7,10-11H,2,8-9,12-14H2,1H3,(H2,23,26)(H,24,28)(H,27,30). The van der Waals surface area contributed by atoms with Crippen molar-refractivity contribution < 1.29 is 4.79 Å². The maximum atomic E-state index is 12.7. The van der Waals surface area contributed by atoms with Crippen molar-refractivity contribution in [2.24, 2.45) is 4.99 Å². The van der Waals surface area contributed by atoms with Gasteiger partial charge in [0.2, 0.25) is 5.96 Å². The third-order valence-electron chi connectivity index (χ3n) is 5.41. The molecule has 30 heavy (non-hydrogen) atoms. The summed E-state index contributed by atoms with van der Waals surface area (Å²) in [4.78, 5) is 27.1. The van der Waals surface area contributed by atoms with Gasteiger partial charge < -0.3 is 16.0 Å². The number of guanidine groups is 1. The molecule has 2 aromatic rings. The van der Waals surface area contributed by atoms with Crippen molar-refractivity contribution in [2.75, 3.05) is 31.9 Å². The molecule has 0 saturated carbocycles. The number of carbonyl (C=O) groups is 1. The number of anilines is 1. The average molecular weight is 406 g/mol. The molecule has 1 aliphatic rings. The number of benzene rings is 1. The molecule has 1 aliphatic heterocycles. The minimum absolute atomic E-state index is 0.113. The van der Waals surface area contributed by atoms with Crippen LogP contribution in [-0.4, -0.2) is 52.9 Å². The summed E-state index contributed by atoms with van der Waals surface area (Å²) in [5.41, 5.74) is 6.85. The molecule has 1 fully saturated rings. The SMILES string of the molecule is CCN=C(NC#N)N1CCC(CNC(=O)c2nccnc2N)(c2ccccc2)CC1. The predicted octanol–water partition coefficient (Wildman–Crippen LogP) is 1.27. The second-order valence-electron chi connectivity index (χ2n) is 7.14. The van der Waals surface area contributed by atoms with E-state index in [-0.39, 0.29) is 22.8 Å². The van der Waals surface area contributed by atoms with Crippen molar-refractivity contribution in [3.8, 4) is 6.19 Å². The van der Waals surface area contributed by atoms with Crippen molar-refractivity contribution in [3.05, 3.63) is 54.0 Å². The summed E-state index contributed by atoms with van der Waals surface area (Å²) in [7, 11) is 0. The lowest BCUT2D eigenvalue weighted by molar-refractivity contribution is 0.0927. The average Bonchev–Trinajstić information content (AvgIpc) is 2.79. The first-order valence-electron chi connectivity index (χ1n) is 9.94. The fourth-order valence-corrected chi connectivity index (χ4v) is 3.78. The molecule has 1 amide bonds. The number of aromatic nitrogens is 2. The van der Waals surface area contributed by atoms with Gasteiger partial charge in [-0.15, -0.1) is 0 Å². The third kappa shape index (κ3) is 4.66. The fourth-order valence-electron chi connectivity index (χ4n) is 3.78. The lowest BCUT2D eigenvalue weighted by Gasteiger charge is -2.43. The van der Waals surface area contributed by atoms with E-state index in [1.54, 1.807) is 0 Å². The number of nitrogens with zero attached hydrogens (tertiary/aromatic N) is 5. The number of amides is 1. The normalized spacial score (nSPS) is 15.9. The maximum Gasteiger partial charge on any atom is 0.273 e. The number of aliphatic imine (C=N–C) groups is 1. The van der Waals surface area contributed by atoms with Gasteiger partial charge in [-0.3, -0.25) is 15.1 Å². The van der Waals surface area contributed by atoms with Gasteiger partial charge in [0, 0.05) is 44.0 Å². The number of carbonyl (C=O) groups excluding carboxylic acids is 1. The first-order valence-corrected chi connectivity index (χ1v) is 9.94. The Bertz CT molecular complexity index is 930. The number of nitrogens with two attached hydrogens (primary N) is 1. The van der Waals surface area contributed by atoms with Crippen LogP contribution in [0.4, 0.5) is 5.82 Å². The molecule has 156 valence electrons. The van der Waals surface area contributed by atoms with E-state index in [0.717, 1.165) is 12.8 Å². The van der Waals surface area contributed by atoms with Crippen molar-refractivity contribution in [1.82, 2.24) is 25.5 Å². The molecule has 0 spiro atoms. The van der Waals surface area contributed by atoms with E-state index in [1.807, 2.05) is 31.3 Å². The number of nitriles is 1. The van der Waals surface area contributed by atoms with E-state index in [9.17, 15) is 4.79 Å². The van der Waals surface area contributed by atoms with Gasteiger partial charge >= 0.3 is 0 Å². The van der Waals surface area contributed by atoms with Gasteiger partial charge in [0.05, 0.1) is 0 Å². The van der Waals surface area contributed by atoms with E-state index >= 15 is 0 Å².